The van der Waals surface area contributed by atoms with Crippen molar-refractivity contribution in [2.45, 2.75) is 18.9 Å². The highest BCUT2D eigenvalue weighted by molar-refractivity contribution is 5.96. The van der Waals surface area contributed by atoms with Gasteiger partial charge in [-0.3, -0.25) is 10.1 Å². The summed E-state index contributed by atoms with van der Waals surface area (Å²) >= 11 is 0. The number of hydrogen-bond donors (Lipinski definition) is 1. The smallest absolute Gasteiger partial charge is 0.295 e. The minimum Gasteiger partial charge on any atom is -0.382 e. The maximum absolute atomic E-state index is 11.0. The van der Waals surface area contributed by atoms with Crippen molar-refractivity contribution >= 4 is 22.3 Å². The van der Waals surface area contributed by atoms with Gasteiger partial charge in [-0.25, -0.2) is 4.98 Å². The molecule has 0 bridgehead atoms. The van der Waals surface area contributed by atoms with Gasteiger partial charge in [0.2, 0.25) is 0 Å². The summed E-state index contributed by atoms with van der Waals surface area (Å²) in [6, 6.07) is 6.83. The summed E-state index contributed by atoms with van der Waals surface area (Å²) < 4.78 is 5.56. The first-order valence-electron chi connectivity index (χ1n) is 6.63. The fourth-order valence-electron chi connectivity index (χ4n) is 2.49. The highest BCUT2D eigenvalue weighted by atomic mass is 16.6. The molecule has 6 heteroatoms. The molecule has 3 rings (SSSR count). The van der Waals surface area contributed by atoms with Gasteiger partial charge in [-0.2, -0.15) is 0 Å². The molecule has 1 aromatic carbocycles. The van der Waals surface area contributed by atoms with Crippen LogP contribution >= 0.6 is 0 Å². The van der Waals surface area contributed by atoms with E-state index in [2.05, 4.69) is 10.3 Å². The van der Waals surface area contributed by atoms with Gasteiger partial charge in [-0.05, 0) is 18.9 Å². The first kappa shape index (κ1) is 12.8. The Labute approximate surface area is 115 Å². The lowest BCUT2D eigenvalue weighted by atomic mass is 10.1. The maximum atomic E-state index is 11.0. The third-order valence-corrected chi connectivity index (χ3v) is 3.49. The average molecular weight is 273 g/mol. The number of nitro benzene ring substituents is 1. The molecule has 1 aliphatic heterocycles. The minimum atomic E-state index is -0.404. The lowest BCUT2D eigenvalue weighted by molar-refractivity contribution is -0.383. The van der Waals surface area contributed by atoms with Gasteiger partial charge in [-0.1, -0.05) is 12.1 Å². The normalized spacial score (nSPS) is 18.3. The van der Waals surface area contributed by atoms with E-state index < -0.39 is 4.92 Å². The van der Waals surface area contributed by atoms with Crippen LogP contribution in [-0.2, 0) is 4.74 Å². The van der Waals surface area contributed by atoms with Crippen molar-refractivity contribution in [1.82, 2.24) is 4.98 Å². The minimum absolute atomic E-state index is 0.0308. The summed E-state index contributed by atoms with van der Waals surface area (Å²) in [6.07, 6.45) is 3.95. The van der Waals surface area contributed by atoms with Crippen LogP contribution in [0, 0.1) is 10.1 Å². The topological polar surface area (TPSA) is 77.3 Å². The Bertz CT molecular complexity index is 639. The second kappa shape index (κ2) is 5.42. The zero-order valence-electron chi connectivity index (χ0n) is 10.9. The summed E-state index contributed by atoms with van der Waals surface area (Å²) in [5.41, 5.74) is 1.30. The zero-order chi connectivity index (χ0) is 13.9. The quantitative estimate of drug-likeness (QED) is 0.684. The Hall–Kier alpha value is -2.21. The molecule has 1 aliphatic rings. The fourth-order valence-corrected chi connectivity index (χ4v) is 2.49. The van der Waals surface area contributed by atoms with Crippen molar-refractivity contribution in [2.75, 3.05) is 18.5 Å². The maximum Gasteiger partial charge on any atom is 0.295 e. The number of fused-ring (bicyclic) bond motifs is 1. The van der Waals surface area contributed by atoms with Gasteiger partial charge in [0.05, 0.1) is 11.0 Å². The van der Waals surface area contributed by atoms with Crippen molar-refractivity contribution in [3.05, 3.63) is 40.6 Å². The number of hydrogen-bond acceptors (Lipinski definition) is 5. The molecule has 1 unspecified atom stereocenters. The number of nitro groups is 1. The van der Waals surface area contributed by atoms with Crippen molar-refractivity contribution in [3.63, 3.8) is 0 Å². The predicted molar refractivity (Wildman–Crippen MR) is 75.9 cm³/mol. The fraction of sp³-hybridized carbons (Fsp3) is 0.357. The highest BCUT2D eigenvalue weighted by Crippen LogP contribution is 2.28. The molecule has 1 N–H and O–H groups in total. The van der Waals surface area contributed by atoms with Gasteiger partial charge in [0, 0.05) is 36.5 Å². The molecule has 0 aliphatic carbocycles. The van der Waals surface area contributed by atoms with Crippen molar-refractivity contribution in [3.8, 4) is 0 Å². The van der Waals surface area contributed by atoms with E-state index in [1.165, 1.54) is 6.07 Å². The molecule has 2 aromatic rings. The van der Waals surface area contributed by atoms with Gasteiger partial charge in [0.1, 0.15) is 5.52 Å². The number of ether oxygens (including phenoxy) is 1. The number of nitrogens with one attached hydrogen (secondary N) is 1. The van der Waals surface area contributed by atoms with Gasteiger partial charge >= 0.3 is 0 Å². The van der Waals surface area contributed by atoms with Gasteiger partial charge in [-0.15, -0.1) is 0 Å². The number of para-hydroxylation sites is 1. The molecule has 0 saturated carbocycles. The standard InChI is InChI=1S/C14H15N3O3/c18-17(19)13-5-1-4-11-12(6-7-15-14(11)13)16-9-10-3-2-8-20-10/h1,4-7,10H,2-3,8-9H2,(H,15,16). The molecule has 0 radical (unpaired) electrons. The zero-order valence-corrected chi connectivity index (χ0v) is 10.9. The number of anilines is 1. The van der Waals surface area contributed by atoms with E-state index in [1.807, 2.05) is 12.1 Å². The molecule has 20 heavy (non-hydrogen) atoms. The van der Waals surface area contributed by atoms with E-state index in [1.54, 1.807) is 12.3 Å². The third-order valence-electron chi connectivity index (χ3n) is 3.49. The number of non-ortho nitro benzene ring substituents is 1. The van der Waals surface area contributed by atoms with E-state index in [4.69, 9.17) is 4.74 Å². The van der Waals surface area contributed by atoms with E-state index in [-0.39, 0.29) is 11.8 Å². The number of nitrogens with zero attached hydrogens (tertiary/aromatic N) is 2. The summed E-state index contributed by atoms with van der Waals surface area (Å²) in [4.78, 5) is 14.7. The van der Waals surface area contributed by atoms with Crippen LogP contribution in [0.1, 0.15) is 12.8 Å². The largest absolute Gasteiger partial charge is 0.382 e. The molecule has 104 valence electrons. The molecule has 2 heterocycles. The van der Waals surface area contributed by atoms with E-state index in [9.17, 15) is 10.1 Å². The van der Waals surface area contributed by atoms with Crippen molar-refractivity contribution in [2.24, 2.45) is 0 Å². The molecular formula is C14H15N3O3. The Morgan fingerprint density at radius 3 is 3.10 bits per heavy atom. The van der Waals surface area contributed by atoms with Crippen LogP contribution in [0.5, 0.6) is 0 Å². The van der Waals surface area contributed by atoms with Crippen molar-refractivity contribution < 1.29 is 9.66 Å². The first-order valence-corrected chi connectivity index (χ1v) is 6.63. The molecule has 6 nitrogen and oxygen atoms in total. The number of rotatable bonds is 4. The highest BCUT2D eigenvalue weighted by Gasteiger charge is 2.17. The molecule has 1 atom stereocenters. The van der Waals surface area contributed by atoms with Crippen LogP contribution in [0.2, 0.25) is 0 Å². The summed E-state index contributed by atoms with van der Waals surface area (Å²) in [6.45, 7) is 1.52. The van der Waals surface area contributed by atoms with Crippen LogP contribution in [0.4, 0.5) is 11.4 Å². The number of aromatic nitrogens is 1. The van der Waals surface area contributed by atoms with E-state index in [0.29, 0.717) is 12.1 Å². The first-order chi connectivity index (χ1) is 9.75. The average Bonchev–Trinajstić information content (AvgIpc) is 2.97. The molecule has 1 saturated heterocycles. The Morgan fingerprint density at radius 2 is 2.35 bits per heavy atom. The predicted octanol–water partition coefficient (Wildman–Crippen LogP) is 2.73. The second-order valence-corrected chi connectivity index (χ2v) is 4.80. The van der Waals surface area contributed by atoms with Crippen molar-refractivity contribution in [1.29, 1.82) is 0 Å². The SMILES string of the molecule is O=[N+]([O-])c1cccc2c(NCC3CCCO3)ccnc12. The van der Waals surface area contributed by atoms with Gasteiger partial charge in [0.15, 0.2) is 0 Å². The van der Waals surface area contributed by atoms with Gasteiger partial charge < -0.3 is 10.1 Å². The molecule has 0 amide bonds. The summed E-state index contributed by atoms with van der Waals surface area (Å²) in [7, 11) is 0. The third kappa shape index (κ3) is 2.42. The van der Waals surface area contributed by atoms with Crippen LogP contribution in [-0.4, -0.2) is 29.2 Å². The van der Waals surface area contributed by atoms with Crippen LogP contribution in [0.3, 0.4) is 0 Å². The van der Waals surface area contributed by atoms with E-state index >= 15 is 0 Å². The molecule has 1 aromatic heterocycles. The molecule has 0 spiro atoms. The Morgan fingerprint density at radius 1 is 1.45 bits per heavy atom. The molecular weight excluding hydrogens is 258 g/mol. The summed E-state index contributed by atoms with van der Waals surface area (Å²) in [5, 5.41) is 15.1. The summed E-state index contributed by atoms with van der Waals surface area (Å²) in [5.74, 6) is 0. The van der Waals surface area contributed by atoms with Crippen LogP contribution in [0.15, 0.2) is 30.5 Å². The van der Waals surface area contributed by atoms with E-state index in [0.717, 1.165) is 30.5 Å². The second-order valence-electron chi connectivity index (χ2n) is 4.80. The lowest BCUT2D eigenvalue weighted by Gasteiger charge is -2.13. The molecule has 1 fully saturated rings. The van der Waals surface area contributed by atoms with Crippen LogP contribution < -0.4 is 5.32 Å². The number of benzene rings is 1. The number of pyridine rings is 1. The Kier molecular flexibility index (Phi) is 3.47. The lowest BCUT2D eigenvalue weighted by Crippen LogP contribution is -2.18. The van der Waals surface area contributed by atoms with Crippen LogP contribution in [0.25, 0.3) is 10.9 Å². The van der Waals surface area contributed by atoms with Gasteiger partial charge in [0.25, 0.3) is 5.69 Å². The monoisotopic (exact) mass is 273 g/mol. The Balaban J connectivity index is 1.90.